The molecule has 27 heavy (non-hydrogen) atoms. The third-order valence-electron chi connectivity index (χ3n) is 3.43. The second-order valence-corrected chi connectivity index (χ2v) is 5.63. The summed E-state index contributed by atoms with van der Waals surface area (Å²) in [6.45, 7) is -1.12. The maximum Gasteiger partial charge on any atom is 0.387 e. The van der Waals surface area contributed by atoms with Crippen LogP contribution in [-0.4, -0.2) is 38.5 Å². The van der Waals surface area contributed by atoms with E-state index in [0.717, 1.165) is 0 Å². The summed E-state index contributed by atoms with van der Waals surface area (Å²) in [6, 6.07) is 4.65. The molecule has 0 saturated heterocycles. The average molecular weight is 371 g/mol. The predicted molar refractivity (Wildman–Crippen MR) is 93.2 cm³/mol. The first-order valence-electron chi connectivity index (χ1n) is 8.01. The van der Waals surface area contributed by atoms with Crippen LogP contribution in [0.4, 0.5) is 8.78 Å². The number of nitrogens with one attached hydrogen (secondary N) is 2. The molecule has 9 heteroatoms. The van der Waals surface area contributed by atoms with E-state index >= 15 is 0 Å². The molecule has 0 radical (unpaired) electrons. The van der Waals surface area contributed by atoms with Crippen molar-refractivity contribution in [3.05, 3.63) is 48.2 Å². The summed E-state index contributed by atoms with van der Waals surface area (Å²) in [5.74, 6) is 5.42. The number of amides is 1. The van der Waals surface area contributed by atoms with Gasteiger partial charge in [-0.2, -0.15) is 8.78 Å². The van der Waals surface area contributed by atoms with Crippen molar-refractivity contribution in [1.82, 2.24) is 25.3 Å². The Kier molecular flexibility index (Phi) is 5.56. The molecule has 3 heterocycles. The normalized spacial score (nSPS) is 11.7. The Labute approximate surface area is 153 Å². The first kappa shape index (κ1) is 18.3. The number of aromatic amines is 1. The number of hydrogen-bond donors (Lipinski definition) is 2. The minimum atomic E-state index is -2.92. The lowest BCUT2D eigenvalue weighted by atomic mass is 10.2. The molecule has 0 aliphatic rings. The fourth-order valence-corrected chi connectivity index (χ4v) is 2.26. The first-order chi connectivity index (χ1) is 13.0. The molecule has 2 N–H and O–H groups in total. The number of pyridine rings is 2. The molecule has 0 saturated carbocycles. The predicted octanol–water partition coefficient (Wildman–Crippen LogP) is 2.51. The van der Waals surface area contributed by atoms with Crippen LogP contribution in [0.5, 0.6) is 5.75 Å². The largest absolute Gasteiger partial charge is 0.433 e. The number of rotatable bonds is 5. The van der Waals surface area contributed by atoms with Gasteiger partial charge in [-0.25, -0.2) is 9.97 Å². The zero-order valence-electron chi connectivity index (χ0n) is 14.2. The third kappa shape index (κ3) is 4.98. The molecule has 7 nitrogen and oxygen atoms in total. The third-order valence-corrected chi connectivity index (χ3v) is 3.43. The molecule has 0 aliphatic carbocycles. The van der Waals surface area contributed by atoms with E-state index < -0.39 is 6.61 Å². The number of nitrogens with zero attached hydrogens (tertiary/aromatic N) is 3. The molecule has 0 unspecified atom stereocenters. The summed E-state index contributed by atoms with van der Waals surface area (Å²) < 4.78 is 28.7. The second kappa shape index (κ2) is 8.23. The van der Waals surface area contributed by atoms with Crippen LogP contribution in [-0.2, 0) is 0 Å². The molecule has 1 atom stereocenters. The van der Waals surface area contributed by atoms with E-state index in [4.69, 9.17) is 0 Å². The molecule has 0 bridgehead atoms. The topological polar surface area (TPSA) is 92.8 Å². The molecular weight excluding hydrogens is 356 g/mol. The van der Waals surface area contributed by atoms with Crippen LogP contribution in [0.15, 0.2) is 36.8 Å². The number of H-pyrrole nitrogens is 1. The monoisotopic (exact) mass is 371 g/mol. The van der Waals surface area contributed by atoms with Crippen molar-refractivity contribution in [3.63, 3.8) is 0 Å². The van der Waals surface area contributed by atoms with Gasteiger partial charge in [0.05, 0.1) is 11.7 Å². The Morgan fingerprint density at radius 3 is 3.04 bits per heavy atom. The van der Waals surface area contributed by atoms with E-state index in [1.807, 2.05) is 0 Å². The van der Waals surface area contributed by atoms with Crippen LogP contribution in [0.25, 0.3) is 11.2 Å². The Morgan fingerprint density at radius 1 is 1.41 bits per heavy atom. The molecule has 0 fully saturated rings. The highest BCUT2D eigenvalue weighted by Gasteiger charge is 2.13. The van der Waals surface area contributed by atoms with Gasteiger partial charge >= 0.3 is 6.61 Å². The number of imidazole rings is 1. The molecule has 1 amide bonds. The molecule has 0 spiro atoms. The van der Waals surface area contributed by atoms with Crippen LogP contribution in [0.3, 0.4) is 0 Å². The summed E-state index contributed by atoms with van der Waals surface area (Å²) in [7, 11) is 0. The van der Waals surface area contributed by atoms with Crippen molar-refractivity contribution >= 4 is 17.1 Å². The quantitative estimate of drug-likeness (QED) is 0.673. The maximum absolute atomic E-state index is 12.2. The number of carbonyl (C=O) groups is 1. The minimum Gasteiger partial charge on any atom is -0.433 e. The number of ether oxygens (including phenoxy) is 1. The van der Waals surface area contributed by atoms with Crippen molar-refractivity contribution in [2.24, 2.45) is 0 Å². The highest BCUT2D eigenvalue weighted by atomic mass is 19.3. The van der Waals surface area contributed by atoms with Crippen LogP contribution in [0.1, 0.15) is 29.5 Å². The zero-order chi connectivity index (χ0) is 19.2. The average Bonchev–Trinajstić information content (AvgIpc) is 3.06. The lowest BCUT2D eigenvalue weighted by Gasteiger charge is -2.08. The van der Waals surface area contributed by atoms with E-state index in [1.54, 1.807) is 25.3 Å². The summed E-state index contributed by atoms with van der Waals surface area (Å²) >= 11 is 0. The Balaban J connectivity index is 1.57. The van der Waals surface area contributed by atoms with E-state index in [-0.39, 0.29) is 23.5 Å². The smallest absolute Gasteiger partial charge is 0.387 e. The highest BCUT2D eigenvalue weighted by molar-refractivity contribution is 5.93. The summed E-state index contributed by atoms with van der Waals surface area (Å²) in [6.07, 6.45) is 4.57. The fraction of sp³-hybridized carbons (Fsp3) is 0.222. The minimum absolute atomic E-state index is 0.0587. The van der Waals surface area contributed by atoms with E-state index in [9.17, 15) is 13.6 Å². The van der Waals surface area contributed by atoms with Crippen LogP contribution in [0.2, 0.25) is 0 Å². The lowest BCUT2D eigenvalue weighted by molar-refractivity contribution is -0.0500. The van der Waals surface area contributed by atoms with Crippen molar-refractivity contribution in [2.75, 3.05) is 0 Å². The van der Waals surface area contributed by atoms with Crippen molar-refractivity contribution < 1.29 is 18.3 Å². The standard InChI is InChI=1S/C18H15F2N5O2/c1-11(4-2-5-12-8-13(10-21-9-12)27-18(19)20)23-17(26)16-24-14-6-3-7-22-15(14)25-16/h3,6-11,18H,4H2,1H3,(H,23,26)(H,22,24,25)/t11-/m0/s1. The van der Waals surface area contributed by atoms with Crippen LogP contribution >= 0.6 is 0 Å². The fourth-order valence-electron chi connectivity index (χ4n) is 2.26. The highest BCUT2D eigenvalue weighted by Crippen LogP contribution is 2.13. The Morgan fingerprint density at radius 2 is 2.26 bits per heavy atom. The summed E-state index contributed by atoms with van der Waals surface area (Å²) in [5, 5.41) is 2.78. The van der Waals surface area contributed by atoms with Gasteiger partial charge in [0.15, 0.2) is 11.5 Å². The van der Waals surface area contributed by atoms with Gasteiger partial charge in [-0.1, -0.05) is 11.8 Å². The molecule has 138 valence electrons. The molecule has 0 aromatic carbocycles. The Bertz CT molecular complexity index is 976. The van der Waals surface area contributed by atoms with Crippen molar-refractivity contribution in [1.29, 1.82) is 0 Å². The van der Waals surface area contributed by atoms with Gasteiger partial charge in [-0.3, -0.25) is 9.78 Å². The molecule has 3 aromatic rings. The van der Waals surface area contributed by atoms with Crippen molar-refractivity contribution in [2.45, 2.75) is 26.0 Å². The van der Waals surface area contributed by atoms with Gasteiger partial charge in [0, 0.05) is 30.4 Å². The van der Waals surface area contributed by atoms with Gasteiger partial charge < -0.3 is 15.0 Å². The van der Waals surface area contributed by atoms with Gasteiger partial charge in [-0.15, -0.1) is 0 Å². The summed E-state index contributed by atoms with van der Waals surface area (Å²) in [5.41, 5.74) is 1.58. The number of aromatic nitrogens is 4. The van der Waals surface area contributed by atoms with Crippen molar-refractivity contribution in [3.8, 4) is 17.6 Å². The summed E-state index contributed by atoms with van der Waals surface area (Å²) in [4.78, 5) is 27.1. The molecular formula is C18H15F2N5O2. The number of fused-ring (bicyclic) bond motifs is 1. The molecule has 3 rings (SSSR count). The van der Waals surface area contributed by atoms with Gasteiger partial charge in [0.25, 0.3) is 5.91 Å². The van der Waals surface area contributed by atoms with E-state index in [0.29, 0.717) is 23.1 Å². The van der Waals surface area contributed by atoms with E-state index in [2.05, 4.69) is 41.8 Å². The number of alkyl halides is 2. The molecule has 0 aliphatic heterocycles. The first-order valence-corrected chi connectivity index (χ1v) is 8.01. The Hall–Kier alpha value is -3.54. The maximum atomic E-state index is 12.2. The number of hydrogen-bond acceptors (Lipinski definition) is 5. The van der Waals surface area contributed by atoms with Gasteiger partial charge in [-0.05, 0) is 25.1 Å². The van der Waals surface area contributed by atoms with Gasteiger partial charge in [0.2, 0.25) is 0 Å². The van der Waals surface area contributed by atoms with Gasteiger partial charge in [0.1, 0.15) is 5.75 Å². The van der Waals surface area contributed by atoms with E-state index in [1.165, 1.54) is 18.5 Å². The zero-order valence-corrected chi connectivity index (χ0v) is 14.2. The molecule has 3 aromatic heterocycles. The number of halogens is 2. The lowest BCUT2D eigenvalue weighted by Crippen LogP contribution is -2.32. The SMILES string of the molecule is C[C@@H](CC#Cc1cncc(OC(F)F)c1)NC(=O)c1nc2ncccc2[nH]1. The van der Waals surface area contributed by atoms with Crippen LogP contribution < -0.4 is 10.1 Å². The second-order valence-electron chi connectivity index (χ2n) is 5.63. The van der Waals surface area contributed by atoms with Crippen LogP contribution in [0, 0.1) is 11.8 Å². The number of carbonyl (C=O) groups excluding carboxylic acids is 1.